The molecule has 0 bridgehead atoms. The Morgan fingerprint density at radius 1 is 1.53 bits per heavy atom. The number of hydrogen-bond donors (Lipinski definition) is 2. The molecule has 0 heterocycles. The molecule has 2 unspecified atom stereocenters. The van der Waals surface area contributed by atoms with Gasteiger partial charge in [-0.1, -0.05) is 6.92 Å². The number of ether oxygens (including phenoxy) is 2. The second-order valence-corrected chi connectivity index (χ2v) is 3.60. The number of amides is 1. The van der Waals surface area contributed by atoms with E-state index in [9.17, 15) is 4.79 Å². The predicted molar refractivity (Wildman–Crippen MR) is 56.6 cm³/mol. The van der Waals surface area contributed by atoms with Gasteiger partial charge < -0.3 is 19.9 Å². The Bertz CT molecular complexity index is 192. The van der Waals surface area contributed by atoms with E-state index in [2.05, 4.69) is 5.32 Å². The summed E-state index contributed by atoms with van der Waals surface area (Å²) in [4.78, 5) is 11.8. The lowest BCUT2D eigenvalue weighted by molar-refractivity contribution is -0.143. The molecule has 0 fully saturated rings. The number of hydrogen-bond acceptors (Lipinski definition) is 4. The van der Waals surface area contributed by atoms with Gasteiger partial charge in [-0.3, -0.25) is 4.79 Å². The van der Waals surface area contributed by atoms with Gasteiger partial charge in [-0.2, -0.15) is 0 Å². The molecule has 15 heavy (non-hydrogen) atoms. The first-order chi connectivity index (χ1) is 7.03. The first-order valence-electron chi connectivity index (χ1n) is 5.00. The molecule has 0 rings (SSSR count). The van der Waals surface area contributed by atoms with Crippen LogP contribution in [0.1, 0.15) is 20.3 Å². The number of methoxy groups -OCH3 is 2. The summed E-state index contributed by atoms with van der Waals surface area (Å²) in [6.45, 7) is 3.71. The molecule has 0 saturated carbocycles. The Hall–Kier alpha value is -0.650. The molecular weight excluding hydrogens is 198 g/mol. The summed E-state index contributed by atoms with van der Waals surface area (Å²) in [5, 5.41) is 11.7. The smallest absolute Gasteiger partial charge is 0.252 e. The van der Waals surface area contributed by atoms with Crippen LogP contribution in [0.2, 0.25) is 0 Å². The van der Waals surface area contributed by atoms with Gasteiger partial charge in [-0.25, -0.2) is 0 Å². The highest BCUT2D eigenvalue weighted by Gasteiger charge is 2.32. The largest absolute Gasteiger partial charge is 0.394 e. The van der Waals surface area contributed by atoms with E-state index in [0.29, 0.717) is 6.42 Å². The third-order valence-electron chi connectivity index (χ3n) is 2.53. The summed E-state index contributed by atoms with van der Waals surface area (Å²) in [6.07, 6.45) is 0.570. The van der Waals surface area contributed by atoms with E-state index in [-0.39, 0.29) is 25.2 Å². The van der Waals surface area contributed by atoms with Crippen LogP contribution >= 0.6 is 0 Å². The van der Waals surface area contributed by atoms with Crippen molar-refractivity contribution < 1.29 is 19.4 Å². The van der Waals surface area contributed by atoms with Gasteiger partial charge in [0.2, 0.25) is 0 Å². The maximum absolute atomic E-state index is 11.8. The average Bonchev–Trinajstić information content (AvgIpc) is 2.27. The number of nitrogens with one attached hydrogen (secondary N) is 1. The second-order valence-electron chi connectivity index (χ2n) is 3.60. The number of aliphatic hydroxyl groups excluding tert-OH is 1. The van der Waals surface area contributed by atoms with E-state index in [1.165, 1.54) is 14.2 Å². The molecule has 0 aliphatic carbocycles. The third-order valence-corrected chi connectivity index (χ3v) is 2.53. The summed E-state index contributed by atoms with van der Waals surface area (Å²) in [5.74, 6) is -0.233. The van der Waals surface area contributed by atoms with Crippen LogP contribution < -0.4 is 5.32 Å². The lowest BCUT2D eigenvalue weighted by Gasteiger charge is -2.27. The van der Waals surface area contributed by atoms with Crippen LogP contribution in [0.5, 0.6) is 0 Å². The SMILES string of the molecule is CCC(C)(OC)C(=O)NC(CO)COC. The molecule has 90 valence electrons. The molecule has 0 aromatic carbocycles. The minimum absolute atomic E-state index is 0.150. The van der Waals surface area contributed by atoms with Crippen molar-refractivity contribution in [3.05, 3.63) is 0 Å². The van der Waals surface area contributed by atoms with Crippen LogP contribution in [0.15, 0.2) is 0 Å². The predicted octanol–water partition coefficient (Wildman–Crippen LogP) is -0.0750. The molecule has 0 aromatic rings. The minimum atomic E-state index is -0.846. The van der Waals surface area contributed by atoms with Gasteiger partial charge in [0.1, 0.15) is 5.60 Å². The number of carbonyl (C=O) groups excluding carboxylic acids is 1. The van der Waals surface area contributed by atoms with Crippen molar-refractivity contribution in [2.75, 3.05) is 27.4 Å². The molecule has 0 aliphatic heterocycles. The molecule has 2 N–H and O–H groups in total. The number of rotatable bonds is 7. The van der Waals surface area contributed by atoms with E-state index in [1.807, 2.05) is 6.92 Å². The van der Waals surface area contributed by atoms with Crippen molar-refractivity contribution in [1.29, 1.82) is 0 Å². The number of carbonyl (C=O) groups is 1. The van der Waals surface area contributed by atoms with E-state index >= 15 is 0 Å². The first kappa shape index (κ1) is 14.3. The Morgan fingerprint density at radius 3 is 2.47 bits per heavy atom. The standard InChI is InChI=1S/C10H21NO4/c1-5-10(2,15-4)9(13)11-8(6-12)7-14-3/h8,12H,5-7H2,1-4H3,(H,11,13). The molecule has 0 saturated heterocycles. The van der Waals surface area contributed by atoms with Crippen molar-refractivity contribution in [3.63, 3.8) is 0 Å². The summed E-state index contributed by atoms with van der Waals surface area (Å²) < 4.78 is 10.00. The first-order valence-corrected chi connectivity index (χ1v) is 5.00. The summed E-state index contributed by atoms with van der Waals surface area (Å²) in [6, 6.07) is -0.386. The highest BCUT2D eigenvalue weighted by Crippen LogP contribution is 2.13. The zero-order valence-corrected chi connectivity index (χ0v) is 9.87. The zero-order chi connectivity index (χ0) is 11.9. The quantitative estimate of drug-likeness (QED) is 0.628. The van der Waals surface area contributed by atoms with Gasteiger partial charge in [-0.15, -0.1) is 0 Å². The van der Waals surface area contributed by atoms with Crippen LogP contribution in [0.25, 0.3) is 0 Å². The van der Waals surface area contributed by atoms with E-state index in [1.54, 1.807) is 6.92 Å². The molecule has 0 radical (unpaired) electrons. The highest BCUT2D eigenvalue weighted by atomic mass is 16.5. The third kappa shape index (κ3) is 4.15. The lowest BCUT2D eigenvalue weighted by Crippen LogP contribution is -2.51. The molecule has 0 aromatic heterocycles. The fraction of sp³-hybridized carbons (Fsp3) is 0.900. The van der Waals surface area contributed by atoms with Crippen LogP contribution in [-0.4, -0.2) is 50.1 Å². The Balaban J connectivity index is 4.31. The van der Waals surface area contributed by atoms with Crippen LogP contribution in [0, 0.1) is 0 Å². The van der Waals surface area contributed by atoms with Crippen LogP contribution in [-0.2, 0) is 14.3 Å². The molecule has 0 aliphatic rings. The highest BCUT2D eigenvalue weighted by molar-refractivity contribution is 5.84. The van der Waals surface area contributed by atoms with Gasteiger partial charge in [0.05, 0.1) is 19.3 Å². The van der Waals surface area contributed by atoms with Gasteiger partial charge in [0.25, 0.3) is 5.91 Å². The van der Waals surface area contributed by atoms with Crippen molar-refractivity contribution in [2.45, 2.75) is 31.9 Å². The van der Waals surface area contributed by atoms with Crippen LogP contribution in [0.4, 0.5) is 0 Å². The second kappa shape index (κ2) is 6.76. The Morgan fingerprint density at radius 2 is 2.13 bits per heavy atom. The Labute approximate surface area is 90.8 Å². The summed E-state index contributed by atoms with van der Waals surface area (Å²) in [5.41, 5.74) is -0.846. The van der Waals surface area contributed by atoms with E-state index in [4.69, 9.17) is 14.6 Å². The molecule has 5 nitrogen and oxygen atoms in total. The van der Waals surface area contributed by atoms with Crippen LogP contribution in [0.3, 0.4) is 0 Å². The zero-order valence-electron chi connectivity index (χ0n) is 9.87. The molecule has 1 amide bonds. The van der Waals surface area contributed by atoms with Gasteiger partial charge in [0, 0.05) is 14.2 Å². The van der Waals surface area contributed by atoms with Gasteiger partial charge >= 0.3 is 0 Å². The van der Waals surface area contributed by atoms with Crippen molar-refractivity contribution in [2.24, 2.45) is 0 Å². The molecule has 0 spiro atoms. The summed E-state index contributed by atoms with van der Waals surface area (Å²) in [7, 11) is 3.01. The minimum Gasteiger partial charge on any atom is -0.394 e. The fourth-order valence-corrected chi connectivity index (χ4v) is 1.08. The van der Waals surface area contributed by atoms with Crippen molar-refractivity contribution in [3.8, 4) is 0 Å². The number of aliphatic hydroxyl groups is 1. The average molecular weight is 219 g/mol. The topological polar surface area (TPSA) is 67.8 Å². The fourth-order valence-electron chi connectivity index (χ4n) is 1.08. The lowest BCUT2D eigenvalue weighted by atomic mass is 10.0. The van der Waals surface area contributed by atoms with Crippen molar-refractivity contribution >= 4 is 5.91 Å². The van der Waals surface area contributed by atoms with E-state index < -0.39 is 5.60 Å². The maximum atomic E-state index is 11.8. The van der Waals surface area contributed by atoms with E-state index in [0.717, 1.165) is 0 Å². The molecular formula is C10H21NO4. The van der Waals surface area contributed by atoms with Gasteiger partial charge in [-0.05, 0) is 13.3 Å². The maximum Gasteiger partial charge on any atom is 0.252 e. The van der Waals surface area contributed by atoms with Crippen molar-refractivity contribution in [1.82, 2.24) is 5.32 Å². The summed E-state index contributed by atoms with van der Waals surface area (Å²) >= 11 is 0. The molecule has 5 heteroatoms. The normalized spacial score (nSPS) is 16.9. The Kier molecular flexibility index (Phi) is 6.47. The van der Waals surface area contributed by atoms with Gasteiger partial charge in [0.15, 0.2) is 0 Å². The molecule has 2 atom stereocenters. The monoisotopic (exact) mass is 219 g/mol.